The summed E-state index contributed by atoms with van der Waals surface area (Å²) in [6.45, 7) is 5.43. The molecule has 0 heterocycles. The minimum atomic E-state index is -0.778. The first kappa shape index (κ1) is 10.8. The Kier molecular flexibility index (Phi) is 3.89. The van der Waals surface area contributed by atoms with Crippen molar-refractivity contribution in [3.63, 3.8) is 0 Å². The van der Waals surface area contributed by atoms with Crippen molar-refractivity contribution in [1.82, 2.24) is 0 Å². The molecular weight excluding hydrogens is 162 g/mol. The van der Waals surface area contributed by atoms with Crippen molar-refractivity contribution in [1.29, 1.82) is 0 Å². The zero-order valence-electron chi connectivity index (χ0n) is 7.13. The zero-order valence-corrected chi connectivity index (χ0v) is 7.94. The summed E-state index contributed by atoms with van der Waals surface area (Å²) < 4.78 is 0. The molecular formula is C7H15NO2S. The van der Waals surface area contributed by atoms with Crippen molar-refractivity contribution in [3.8, 4) is 0 Å². The Morgan fingerprint density at radius 3 is 2.45 bits per heavy atom. The highest BCUT2D eigenvalue weighted by molar-refractivity contribution is 8.00. The Morgan fingerprint density at radius 2 is 2.18 bits per heavy atom. The number of thioether (sulfide) groups is 1. The molecule has 0 aromatic carbocycles. The van der Waals surface area contributed by atoms with Crippen LogP contribution in [0.4, 0.5) is 0 Å². The lowest BCUT2D eigenvalue weighted by atomic mass is 10.1. The molecule has 11 heavy (non-hydrogen) atoms. The van der Waals surface area contributed by atoms with Crippen molar-refractivity contribution < 1.29 is 9.90 Å². The predicted octanol–water partition coefficient (Wildman–Crippen LogP) is 0.930. The highest BCUT2D eigenvalue weighted by atomic mass is 32.2. The van der Waals surface area contributed by atoms with Gasteiger partial charge in [0, 0.05) is 11.3 Å². The number of nitrogens with two attached hydrogens (primary N) is 1. The molecule has 0 amide bonds. The molecule has 0 rings (SSSR count). The molecule has 4 heteroatoms. The molecule has 3 nitrogen and oxygen atoms in total. The monoisotopic (exact) mass is 177 g/mol. The normalized spacial score (nSPS) is 14.5. The van der Waals surface area contributed by atoms with Gasteiger partial charge in [-0.2, -0.15) is 0 Å². The third kappa shape index (κ3) is 6.19. The Bertz CT molecular complexity index is 142. The molecule has 0 radical (unpaired) electrons. The molecule has 66 valence electrons. The van der Waals surface area contributed by atoms with Crippen LogP contribution in [0.3, 0.4) is 0 Å². The fourth-order valence-corrected chi connectivity index (χ4v) is 1.23. The molecule has 0 aliphatic carbocycles. The van der Waals surface area contributed by atoms with E-state index in [1.165, 1.54) is 11.8 Å². The van der Waals surface area contributed by atoms with E-state index in [4.69, 9.17) is 10.8 Å². The van der Waals surface area contributed by atoms with Crippen LogP contribution in [0.2, 0.25) is 0 Å². The Balaban J connectivity index is 3.63. The number of carboxylic acid groups (broad SMARTS) is 1. The fourth-order valence-electron chi connectivity index (χ4n) is 0.411. The number of carbonyl (C=O) groups is 1. The highest BCUT2D eigenvalue weighted by Crippen LogP contribution is 2.15. The molecule has 0 saturated heterocycles. The third-order valence-corrected chi connectivity index (χ3v) is 2.67. The van der Waals surface area contributed by atoms with E-state index in [9.17, 15) is 4.79 Å². The van der Waals surface area contributed by atoms with Crippen LogP contribution >= 0.6 is 11.8 Å². The molecule has 0 fully saturated rings. The van der Waals surface area contributed by atoms with E-state index in [1.54, 1.807) is 6.92 Å². The molecule has 0 aliphatic heterocycles. The van der Waals surface area contributed by atoms with Crippen LogP contribution in [0, 0.1) is 0 Å². The van der Waals surface area contributed by atoms with E-state index in [1.807, 2.05) is 13.8 Å². The molecule has 3 N–H and O–H groups in total. The summed E-state index contributed by atoms with van der Waals surface area (Å²) in [6.07, 6.45) is 0. The smallest absolute Gasteiger partial charge is 0.316 e. The fraction of sp³-hybridized carbons (Fsp3) is 0.857. The molecule has 1 atom stereocenters. The van der Waals surface area contributed by atoms with E-state index in [0.717, 1.165) is 0 Å². The van der Waals surface area contributed by atoms with Gasteiger partial charge < -0.3 is 10.8 Å². The number of rotatable bonds is 4. The maximum atomic E-state index is 10.4. The topological polar surface area (TPSA) is 63.3 Å². The summed E-state index contributed by atoms with van der Waals surface area (Å²) in [5.41, 5.74) is 5.39. The summed E-state index contributed by atoms with van der Waals surface area (Å²) in [5, 5.41) is 8.15. The summed E-state index contributed by atoms with van der Waals surface area (Å²) in [6, 6.07) is 0. The van der Waals surface area contributed by atoms with Crippen LogP contribution in [-0.4, -0.2) is 27.6 Å². The Hall–Kier alpha value is -0.220. The first-order chi connectivity index (χ1) is 4.83. The number of hydrogen-bond acceptors (Lipinski definition) is 3. The molecule has 0 aliphatic rings. The standard InChI is InChI=1S/C7H15NO2S/c1-5(6(9)10)11-4-7(2,3)8/h5H,4,8H2,1-3H3,(H,9,10). The van der Waals surface area contributed by atoms with Crippen LogP contribution in [-0.2, 0) is 4.79 Å². The lowest BCUT2D eigenvalue weighted by Crippen LogP contribution is -2.35. The van der Waals surface area contributed by atoms with E-state index >= 15 is 0 Å². The first-order valence-electron chi connectivity index (χ1n) is 3.46. The predicted molar refractivity (Wildman–Crippen MR) is 47.8 cm³/mol. The largest absolute Gasteiger partial charge is 0.480 e. The Morgan fingerprint density at radius 1 is 1.73 bits per heavy atom. The third-order valence-electron chi connectivity index (χ3n) is 1.05. The SMILES string of the molecule is CC(SCC(C)(C)N)C(=O)O. The van der Waals surface area contributed by atoms with E-state index in [-0.39, 0.29) is 10.8 Å². The molecule has 1 unspecified atom stereocenters. The van der Waals surface area contributed by atoms with Crippen LogP contribution < -0.4 is 5.73 Å². The van der Waals surface area contributed by atoms with E-state index in [0.29, 0.717) is 5.75 Å². The van der Waals surface area contributed by atoms with Gasteiger partial charge in [0.1, 0.15) is 0 Å². The lowest BCUT2D eigenvalue weighted by molar-refractivity contribution is -0.136. The van der Waals surface area contributed by atoms with Gasteiger partial charge in [-0.05, 0) is 20.8 Å². The maximum absolute atomic E-state index is 10.4. The Labute approximate surface area is 71.3 Å². The van der Waals surface area contributed by atoms with Gasteiger partial charge in [0.15, 0.2) is 0 Å². The van der Waals surface area contributed by atoms with Crippen molar-refractivity contribution in [2.45, 2.75) is 31.6 Å². The quantitative estimate of drug-likeness (QED) is 0.670. The zero-order chi connectivity index (χ0) is 9.07. The number of hydrogen-bond donors (Lipinski definition) is 2. The van der Waals surface area contributed by atoms with Gasteiger partial charge in [0.2, 0.25) is 0 Å². The van der Waals surface area contributed by atoms with Crippen molar-refractivity contribution in [2.75, 3.05) is 5.75 Å². The number of carboxylic acids is 1. The van der Waals surface area contributed by atoms with Crippen molar-refractivity contribution in [2.24, 2.45) is 5.73 Å². The van der Waals surface area contributed by atoms with E-state index in [2.05, 4.69) is 0 Å². The second kappa shape index (κ2) is 3.97. The lowest BCUT2D eigenvalue weighted by Gasteiger charge is -2.18. The maximum Gasteiger partial charge on any atom is 0.316 e. The van der Waals surface area contributed by atoms with Crippen LogP contribution in [0.25, 0.3) is 0 Å². The van der Waals surface area contributed by atoms with E-state index < -0.39 is 5.97 Å². The van der Waals surface area contributed by atoms with Gasteiger partial charge >= 0.3 is 5.97 Å². The minimum Gasteiger partial charge on any atom is -0.480 e. The average molecular weight is 177 g/mol. The van der Waals surface area contributed by atoms with Crippen LogP contribution in [0.5, 0.6) is 0 Å². The molecule has 0 aromatic heterocycles. The van der Waals surface area contributed by atoms with Crippen LogP contribution in [0.15, 0.2) is 0 Å². The van der Waals surface area contributed by atoms with Crippen molar-refractivity contribution in [3.05, 3.63) is 0 Å². The van der Waals surface area contributed by atoms with Gasteiger partial charge in [-0.3, -0.25) is 4.79 Å². The van der Waals surface area contributed by atoms with Gasteiger partial charge in [0.05, 0.1) is 5.25 Å². The average Bonchev–Trinajstić information content (AvgIpc) is 1.80. The summed E-state index contributed by atoms with van der Waals surface area (Å²) in [7, 11) is 0. The highest BCUT2D eigenvalue weighted by Gasteiger charge is 2.16. The number of aliphatic carboxylic acids is 1. The van der Waals surface area contributed by atoms with Crippen molar-refractivity contribution >= 4 is 17.7 Å². The molecule has 0 aromatic rings. The molecule has 0 saturated carbocycles. The van der Waals surface area contributed by atoms with Gasteiger partial charge in [-0.15, -0.1) is 11.8 Å². The van der Waals surface area contributed by atoms with Gasteiger partial charge in [0.25, 0.3) is 0 Å². The summed E-state index contributed by atoms with van der Waals surface area (Å²) >= 11 is 1.37. The molecule has 0 bridgehead atoms. The second-order valence-electron chi connectivity index (χ2n) is 3.28. The molecule has 0 spiro atoms. The van der Waals surface area contributed by atoms with Gasteiger partial charge in [-0.25, -0.2) is 0 Å². The summed E-state index contributed by atoms with van der Waals surface area (Å²) in [4.78, 5) is 10.4. The minimum absolute atomic E-state index is 0.283. The second-order valence-corrected chi connectivity index (χ2v) is 4.61. The van der Waals surface area contributed by atoms with Gasteiger partial charge in [-0.1, -0.05) is 0 Å². The van der Waals surface area contributed by atoms with Crippen LogP contribution in [0.1, 0.15) is 20.8 Å². The first-order valence-corrected chi connectivity index (χ1v) is 4.51. The summed E-state index contributed by atoms with van der Waals surface area (Å²) in [5.74, 6) is -0.111.